The first-order valence-corrected chi connectivity index (χ1v) is 9.85. The van der Waals surface area contributed by atoms with E-state index in [-0.39, 0.29) is 18.6 Å². The van der Waals surface area contributed by atoms with Crippen LogP contribution < -0.4 is 10.6 Å². The monoisotopic (exact) mass is 384 g/mol. The van der Waals surface area contributed by atoms with Crippen LogP contribution >= 0.6 is 24.0 Å². The topological polar surface area (TPSA) is 50.4 Å². The summed E-state index contributed by atoms with van der Waals surface area (Å²) in [5.41, 5.74) is 3.18. The fourth-order valence-electron chi connectivity index (χ4n) is 2.81. The number of benzene rings is 2. The normalized spacial score (nSPS) is 16.7. The van der Waals surface area contributed by atoms with Crippen molar-refractivity contribution in [1.82, 2.24) is 10.6 Å². The molecule has 1 heterocycles. The van der Waals surface area contributed by atoms with Gasteiger partial charge >= 0.3 is 5.97 Å². The highest BCUT2D eigenvalue weighted by molar-refractivity contribution is 7.98. The van der Waals surface area contributed by atoms with E-state index < -0.39 is 0 Å². The first kappa shape index (κ1) is 18.5. The first-order valence-electron chi connectivity index (χ1n) is 8.22. The Labute approximate surface area is 163 Å². The Hall–Kier alpha value is -2.31. The van der Waals surface area contributed by atoms with Crippen LogP contribution in [0, 0.1) is 0 Å². The summed E-state index contributed by atoms with van der Waals surface area (Å²) in [6.07, 6.45) is 2.03. The van der Waals surface area contributed by atoms with Crippen molar-refractivity contribution in [3.05, 3.63) is 77.0 Å². The molecule has 0 spiro atoms. The molecule has 2 aromatic rings. The predicted octanol–water partition coefficient (Wildman–Crippen LogP) is 3.94. The van der Waals surface area contributed by atoms with Crippen molar-refractivity contribution in [3.63, 3.8) is 0 Å². The van der Waals surface area contributed by atoms with Gasteiger partial charge in [0.1, 0.15) is 6.61 Å². The summed E-state index contributed by atoms with van der Waals surface area (Å²) in [5, 5.41) is 6.71. The van der Waals surface area contributed by atoms with Crippen molar-refractivity contribution < 1.29 is 9.53 Å². The number of carbonyl (C=O) groups excluding carboxylic acids is 1. The molecular formula is C20H20N2O2S2. The lowest BCUT2D eigenvalue weighted by Crippen LogP contribution is -2.45. The third-order valence-corrected chi connectivity index (χ3v) is 5.11. The zero-order valence-electron chi connectivity index (χ0n) is 14.6. The van der Waals surface area contributed by atoms with Gasteiger partial charge in [0.25, 0.3) is 0 Å². The Morgan fingerprint density at radius 3 is 2.50 bits per heavy atom. The highest BCUT2D eigenvalue weighted by Crippen LogP contribution is 2.29. The zero-order valence-corrected chi connectivity index (χ0v) is 16.2. The molecular weight excluding hydrogens is 364 g/mol. The first-order chi connectivity index (χ1) is 12.6. The van der Waals surface area contributed by atoms with Crippen LogP contribution in [0.5, 0.6) is 0 Å². The quantitative estimate of drug-likeness (QED) is 0.463. The number of carbonyl (C=O) groups is 1. The number of esters is 1. The van der Waals surface area contributed by atoms with E-state index in [1.165, 1.54) is 4.90 Å². The Balaban J connectivity index is 1.83. The Kier molecular flexibility index (Phi) is 5.96. The molecule has 134 valence electrons. The van der Waals surface area contributed by atoms with E-state index in [4.69, 9.17) is 17.0 Å². The van der Waals surface area contributed by atoms with Gasteiger partial charge in [-0.15, -0.1) is 11.8 Å². The molecule has 4 nitrogen and oxygen atoms in total. The molecule has 26 heavy (non-hydrogen) atoms. The van der Waals surface area contributed by atoms with E-state index in [0.717, 1.165) is 11.1 Å². The van der Waals surface area contributed by atoms with Crippen LogP contribution in [0.2, 0.25) is 0 Å². The van der Waals surface area contributed by atoms with Crippen LogP contribution in [0.15, 0.2) is 70.8 Å². The third kappa shape index (κ3) is 4.26. The molecule has 0 fully saturated rings. The van der Waals surface area contributed by atoms with Gasteiger partial charge in [-0.05, 0) is 48.7 Å². The maximum absolute atomic E-state index is 12.8. The molecule has 0 saturated carbocycles. The largest absolute Gasteiger partial charge is 0.457 e. The van der Waals surface area contributed by atoms with Gasteiger partial charge in [-0.2, -0.15) is 0 Å². The zero-order chi connectivity index (χ0) is 18.5. The van der Waals surface area contributed by atoms with Crippen molar-refractivity contribution in [1.29, 1.82) is 0 Å². The summed E-state index contributed by atoms with van der Waals surface area (Å²) in [5.74, 6) is -0.354. The third-order valence-electron chi connectivity index (χ3n) is 4.15. The van der Waals surface area contributed by atoms with E-state index in [1.54, 1.807) is 11.8 Å². The molecule has 0 bridgehead atoms. The lowest BCUT2D eigenvalue weighted by molar-refractivity contribution is -0.140. The number of allylic oxidation sites excluding steroid dienone is 1. The summed E-state index contributed by atoms with van der Waals surface area (Å²) in [4.78, 5) is 14.0. The molecule has 1 aliphatic rings. The van der Waals surface area contributed by atoms with Gasteiger partial charge in [0.15, 0.2) is 5.11 Å². The maximum Gasteiger partial charge on any atom is 0.338 e. The Morgan fingerprint density at radius 2 is 1.85 bits per heavy atom. The summed E-state index contributed by atoms with van der Waals surface area (Å²) in [6.45, 7) is 2.08. The van der Waals surface area contributed by atoms with Crippen LogP contribution in [-0.4, -0.2) is 17.3 Å². The summed E-state index contributed by atoms with van der Waals surface area (Å²) in [6, 6.07) is 17.4. The fraction of sp³-hybridized carbons (Fsp3) is 0.200. The molecule has 1 atom stereocenters. The molecule has 2 N–H and O–H groups in total. The molecule has 0 saturated heterocycles. The molecule has 0 amide bonds. The number of nitrogens with one attached hydrogen (secondary N) is 2. The van der Waals surface area contributed by atoms with Crippen LogP contribution in [0.4, 0.5) is 0 Å². The lowest BCUT2D eigenvalue weighted by atomic mass is 9.96. The van der Waals surface area contributed by atoms with Gasteiger partial charge in [-0.25, -0.2) is 4.79 Å². The second kappa shape index (κ2) is 8.38. The van der Waals surface area contributed by atoms with E-state index in [9.17, 15) is 4.79 Å². The van der Waals surface area contributed by atoms with Gasteiger partial charge in [-0.1, -0.05) is 42.5 Å². The standard InChI is InChI=1S/C20H20N2O2S2/c1-13-17(19(23)24-12-14-6-4-3-5-7-14)18(22-20(25)21-13)15-8-10-16(26-2)11-9-15/h3-11,18H,12H2,1-2H3,(H2,21,22,25)/t18-/m0/s1. The van der Waals surface area contributed by atoms with Gasteiger partial charge in [0, 0.05) is 10.6 Å². The number of rotatable bonds is 5. The lowest BCUT2D eigenvalue weighted by Gasteiger charge is -2.30. The highest BCUT2D eigenvalue weighted by Gasteiger charge is 2.30. The van der Waals surface area contributed by atoms with Crippen molar-refractivity contribution in [2.75, 3.05) is 6.26 Å². The number of thiocarbonyl (C=S) groups is 1. The number of thioether (sulfide) groups is 1. The van der Waals surface area contributed by atoms with Crippen molar-refractivity contribution >= 4 is 35.1 Å². The van der Waals surface area contributed by atoms with Gasteiger partial charge in [0.05, 0.1) is 11.6 Å². The summed E-state index contributed by atoms with van der Waals surface area (Å²) in [7, 11) is 0. The minimum absolute atomic E-state index is 0.235. The highest BCUT2D eigenvalue weighted by atomic mass is 32.2. The fourth-order valence-corrected chi connectivity index (χ4v) is 3.49. The van der Waals surface area contributed by atoms with E-state index >= 15 is 0 Å². The van der Waals surface area contributed by atoms with Crippen molar-refractivity contribution in [2.45, 2.75) is 24.5 Å². The predicted molar refractivity (Wildman–Crippen MR) is 109 cm³/mol. The second-order valence-corrected chi connectivity index (χ2v) is 7.19. The maximum atomic E-state index is 12.8. The summed E-state index contributed by atoms with van der Waals surface area (Å²) >= 11 is 6.95. The molecule has 1 aliphatic heterocycles. The van der Waals surface area contributed by atoms with Crippen LogP contribution in [0.25, 0.3) is 0 Å². The van der Waals surface area contributed by atoms with Crippen LogP contribution in [-0.2, 0) is 16.1 Å². The minimum atomic E-state index is -0.354. The molecule has 0 radical (unpaired) electrons. The molecule has 3 rings (SSSR count). The molecule has 0 unspecified atom stereocenters. The van der Waals surface area contributed by atoms with Gasteiger partial charge in [-0.3, -0.25) is 0 Å². The number of ether oxygens (including phenoxy) is 1. The minimum Gasteiger partial charge on any atom is -0.457 e. The molecule has 6 heteroatoms. The molecule has 2 aromatic carbocycles. The van der Waals surface area contributed by atoms with Gasteiger partial charge in [0.2, 0.25) is 0 Å². The smallest absolute Gasteiger partial charge is 0.338 e. The van der Waals surface area contributed by atoms with E-state index in [0.29, 0.717) is 16.4 Å². The molecule has 0 aliphatic carbocycles. The van der Waals surface area contributed by atoms with Crippen molar-refractivity contribution in [2.24, 2.45) is 0 Å². The Bertz CT molecular complexity index is 833. The molecule has 0 aromatic heterocycles. The van der Waals surface area contributed by atoms with E-state index in [1.807, 2.05) is 67.8 Å². The van der Waals surface area contributed by atoms with Crippen molar-refractivity contribution in [3.8, 4) is 0 Å². The SMILES string of the molecule is CSc1ccc([C@@H]2NC(=S)NC(C)=C2C(=O)OCc2ccccc2)cc1. The average molecular weight is 385 g/mol. The number of hydrogen-bond acceptors (Lipinski definition) is 4. The average Bonchev–Trinajstić information content (AvgIpc) is 2.66. The van der Waals surface area contributed by atoms with E-state index in [2.05, 4.69) is 10.6 Å². The number of hydrogen-bond donors (Lipinski definition) is 2. The summed E-state index contributed by atoms with van der Waals surface area (Å²) < 4.78 is 5.55. The second-order valence-electron chi connectivity index (χ2n) is 5.91. The van der Waals surface area contributed by atoms with Gasteiger partial charge < -0.3 is 15.4 Å². The Morgan fingerprint density at radius 1 is 1.15 bits per heavy atom. The van der Waals surface area contributed by atoms with Crippen LogP contribution in [0.3, 0.4) is 0 Å². The van der Waals surface area contributed by atoms with Crippen LogP contribution in [0.1, 0.15) is 24.1 Å².